The van der Waals surface area contributed by atoms with Crippen molar-refractivity contribution >= 4 is 5.91 Å². The Morgan fingerprint density at radius 1 is 1.12 bits per heavy atom. The first kappa shape index (κ1) is 15.6. The van der Waals surface area contributed by atoms with Gasteiger partial charge in [-0.05, 0) is 30.5 Å². The summed E-state index contributed by atoms with van der Waals surface area (Å²) in [6, 6.07) is 6.98. The van der Waals surface area contributed by atoms with Crippen LogP contribution in [0.1, 0.15) is 12.0 Å². The molecule has 3 aliphatic rings. The average molecular weight is 326 g/mol. The van der Waals surface area contributed by atoms with Crippen LogP contribution >= 0.6 is 0 Å². The zero-order chi connectivity index (χ0) is 16.5. The summed E-state index contributed by atoms with van der Waals surface area (Å²) in [5.41, 5.74) is 1.16. The molecule has 1 atom stereocenters. The van der Waals surface area contributed by atoms with Crippen molar-refractivity contribution in [1.29, 1.82) is 0 Å². The number of hydrogen-bond acceptors (Lipinski definition) is 2. The lowest BCUT2D eigenvalue weighted by Gasteiger charge is -2.20. The minimum Gasteiger partial charge on any atom is -0.352 e. The summed E-state index contributed by atoms with van der Waals surface area (Å²) < 4.78 is 12.9. The Morgan fingerprint density at radius 3 is 2.46 bits per heavy atom. The van der Waals surface area contributed by atoms with E-state index in [1.54, 1.807) is 0 Å². The van der Waals surface area contributed by atoms with Crippen molar-refractivity contribution in [2.24, 2.45) is 17.8 Å². The molecule has 1 saturated heterocycles. The molecule has 0 saturated carbocycles. The molecule has 0 spiro atoms. The van der Waals surface area contributed by atoms with Gasteiger partial charge in [0, 0.05) is 37.5 Å². The summed E-state index contributed by atoms with van der Waals surface area (Å²) in [6.45, 7) is 2.88. The summed E-state index contributed by atoms with van der Waals surface area (Å²) in [5.74, 6) is 0.688. The van der Waals surface area contributed by atoms with Crippen molar-refractivity contribution < 1.29 is 9.18 Å². The third-order valence-electron chi connectivity index (χ3n) is 5.49. The van der Waals surface area contributed by atoms with Gasteiger partial charge in [0.05, 0.1) is 5.92 Å². The average Bonchev–Trinajstić information content (AvgIpc) is 3.30. The summed E-state index contributed by atoms with van der Waals surface area (Å²) in [6.07, 6.45) is 10.5. The van der Waals surface area contributed by atoms with Gasteiger partial charge in [-0.1, -0.05) is 36.4 Å². The fourth-order valence-electron chi connectivity index (χ4n) is 4.12. The van der Waals surface area contributed by atoms with Crippen molar-refractivity contribution in [2.75, 3.05) is 19.6 Å². The third-order valence-corrected chi connectivity index (χ3v) is 5.49. The molecule has 24 heavy (non-hydrogen) atoms. The molecule has 1 fully saturated rings. The van der Waals surface area contributed by atoms with Crippen LogP contribution in [0.25, 0.3) is 0 Å². The van der Waals surface area contributed by atoms with Gasteiger partial charge in [0.15, 0.2) is 0 Å². The largest absolute Gasteiger partial charge is 0.352 e. The van der Waals surface area contributed by atoms with Gasteiger partial charge in [-0.15, -0.1) is 0 Å². The number of carbonyl (C=O) groups is 1. The van der Waals surface area contributed by atoms with E-state index >= 15 is 0 Å². The van der Waals surface area contributed by atoms with Crippen LogP contribution in [0.5, 0.6) is 0 Å². The van der Waals surface area contributed by atoms with Gasteiger partial charge in [-0.3, -0.25) is 4.79 Å². The van der Waals surface area contributed by atoms with E-state index in [1.807, 2.05) is 12.1 Å². The number of allylic oxidation sites excluding steroid dienone is 4. The number of fused-ring (bicyclic) bond motifs is 2. The first-order valence-electron chi connectivity index (χ1n) is 8.83. The summed E-state index contributed by atoms with van der Waals surface area (Å²) in [5, 5.41) is 3.25. The smallest absolute Gasteiger partial charge is 0.225 e. The van der Waals surface area contributed by atoms with Crippen LogP contribution in [0.3, 0.4) is 0 Å². The first-order valence-corrected chi connectivity index (χ1v) is 8.83. The monoisotopic (exact) mass is 326 g/mol. The van der Waals surface area contributed by atoms with Gasteiger partial charge in [0.2, 0.25) is 5.91 Å². The van der Waals surface area contributed by atoms with Gasteiger partial charge in [-0.25, -0.2) is 4.39 Å². The first-order chi connectivity index (χ1) is 11.7. The summed E-state index contributed by atoms with van der Waals surface area (Å²) in [4.78, 5) is 14.9. The Morgan fingerprint density at radius 2 is 1.79 bits per heavy atom. The zero-order valence-corrected chi connectivity index (χ0v) is 13.7. The highest BCUT2D eigenvalue weighted by Crippen LogP contribution is 2.39. The molecule has 1 amide bonds. The standard InChI is InChI=1S/C20H23FN2O/c21-17-7-1-14(2-8-17)9-11-23-12-10-18(13-23)22-20(24)19-15-3-4-16(19)6-5-15/h1-8,15-16,18-19H,9-13H2,(H,22,24). The number of carbonyl (C=O) groups excluding carboxylic acids is 1. The molecule has 126 valence electrons. The fraction of sp³-hybridized carbons (Fsp3) is 0.450. The highest BCUT2D eigenvalue weighted by molar-refractivity contribution is 5.82. The van der Waals surface area contributed by atoms with Crippen molar-refractivity contribution in [1.82, 2.24) is 10.2 Å². The molecule has 2 bridgehead atoms. The molecule has 3 nitrogen and oxygen atoms in total. The molecule has 1 N–H and O–H groups in total. The topological polar surface area (TPSA) is 32.3 Å². The molecule has 4 rings (SSSR count). The molecule has 1 aromatic carbocycles. The number of nitrogens with one attached hydrogen (secondary N) is 1. The van der Waals surface area contributed by atoms with E-state index in [0.717, 1.165) is 38.0 Å². The fourth-order valence-corrected chi connectivity index (χ4v) is 4.12. The molecule has 1 aliphatic heterocycles. The Labute approximate surface area is 142 Å². The Balaban J connectivity index is 1.23. The predicted octanol–water partition coefficient (Wildman–Crippen LogP) is 2.55. The van der Waals surface area contributed by atoms with Crippen molar-refractivity contribution in [3.8, 4) is 0 Å². The molecule has 1 heterocycles. The number of benzene rings is 1. The van der Waals surface area contributed by atoms with Crippen molar-refractivity contribution in [2.45, 2.75) is 18.9 Å². The van der Waals surface area contributed by atoms with Crippen LogP contribution in [0.4, 0.5) is 4.39 Å². The predicted molar refractivity (Wildman–Crippen MR) is 91.8 cm³/mol. The molecular formula is C20H23FN2O. The maximum Gasteiger partial charge on any atom is 0.225 e. The van der Waals surface area contributed by atoms with E-state index in [2.05, 4.69) is 34.5 Å². The second-order valence-corrected chi connectivity index (χ2v) is 7.12. The number of amides is 1. The number of likely N-dealkylation sites (tertiary alicyclic amines) is 1. The minimum absolute atomic E-state index is 0.0817. The van der Waals surface area contributed by atoms with Crippen LogP contribution in [-0.2, 0) is 11.2 Å². The number of nitrogens with zero attached hydrogens (tertiary/aromatic N) is 1. The van der Waals surface area contributed by atoms with Crippen LogP contribution < -0.4 is 5.32 Å². The van der Waals surface area contributed by atoms with E-state index in [1.165, 1.54) is 12.1 Å². The van der Waals surface area contributed by atoms with Gasteiger partial charge >= 0.3 is 0 Å². The van der Waals surface area contributed by atoms with Crippen molar-refractivity contribution in [3.63, 3.8) is 0 Å². The molecule has 4 heteroatoms. The minimum atomic E-state index is -0.187. The Bertz CT molecular complexity index is 637. The summed E-state index contributed by atoms with van der Waals surface area (Å²) >= 11 is 0. The lowest BCUT2D eigenvalue weighted by molar-refractivity contribution is -0.126. The lowest BCUT2D eigenvalue weighted by atomic mass is 9.94. The van der Waals surface area contributed by atoms with Gasteiger partial charge in [0.25, 0.3) is 0 Å². The highest BCUT2D eigenvalue weighted by atomic mass is 19.1. The second kappa shape index (κ2) is 6.52. The molecule has 2 aliphatic carbocycles. The van der Waals surface area contributed by atoms with Crippen LogP contribution in [0, 0.1) is 23.6 Å². The molecule has 1 unspecified atom stereocenters. The van der Waals surface area contributed by atoms with E-state index < -0.39 is 0 Å². The van der Waals surface area contributed by atoms with Gasteiger partial charge in [-0.2, -0.15) is 0 Å². The van der Waals surface area contributed by atoms with E-state index in [0.29, 0.717) is 11.8 Å². The number of rotatable bonds is 5. The van der Waals surface area contributed by atoms with E-state index in [4.69, 9.17) is 0 Å². The maximum atomic E-state index is 12.9. The van der Waals surface area contributed by atoms with Crippen LogP contribution in [0.2, 0.25) is 0 Å². The number of halogens is 1. The van der Waals surface area contributed by atoms with Crippen LogP contribution in [-0.4, -0.2) is 36.5 Å². The summed E-state index contributed by atoms with van der Waals surface area (Å²) in [7, 11) is 0. The van der Waals surface area contributed by atoms with Crippen molar-refractivity contribution in [3.05, 3.63) is 60.0 Å². The molecule has 1 aromatic rings. The molecule has 0 aromatic heterocycles. The van der Waals surface area contributed by atoms with Gasteiger partial charge < -0.3 is 10.2 Å². The zero-order valence-electron chi connectivity index (χ0n) is 13.7. The highest BCUT2D eigenvalue weighted by Gasteiger charge is 2.39. The quantitative estimate of drug-likeness (QED) is 0.844. The third kappa shape index (κ3) is 3.16. The Kier molecular flexibility index (Phi) is 4.23. The number of hydrogen-bond donors (Lipinski definition) is 1. The second-order valence-electron chi connectivity index (χ2n) is 7.12. The lowest BCUT2D eigenvalue weighted by Crippen LogP contribution is -2.42. The van der Waals surface area contributed by atoms with Crippen LogP contribution in [0.15, 0.2) is 48.6 Å². The maximum absolute atomic E-state index is 12.9. The van der Waals surface area contributed by atoms with E-state index in [9.17, 15) is 9.18 Å². The normalized spacial score (nSPS) is 31.0. The Hall–Kier alpha value is -1.94. The van der Waals surface area contributed by atoms with E-state index in [-0.39, 0.29) is 23.7 Å². The molecular weight excluding hydrogens is 303 g/mol. The SMILES string of the molecule is O=C(NC1CCN(CCc2ccc(F)cc2)C1)C1C2C=CC1C=C2. The molecule has 0 radical (unpaired) electrons. The van der Waals surface area contributed by atoms with Gasteiger partial charge in [0.1, 0.15) is 5.82 Å².